The molecule has 1 unspecified atom stereocenters. The van der Waals surface area contributed by atoms with Gasteiger partial charge in [-0.25, -0.2) is 4.39 Å². The minimum atomic E-state index is -1.08. The highest BCUT2D eigenvalue weighted by molar-refractivity contribution is 5.86. The first-order valence-electron chi connectivity index (χ1n) is 6.18. The molecule has 0 spiro atoms. The van der Waals surface area contributed by atoms with E-state index in [2.05, 4.69) is 5.32 Å². The number of aliphatic carboxylic acids is 1. The van der Waals surface area contributed by atoms with Gasteiger partial charge < -0.3 is 15.5 Å². The standard InChI is InChI=1S/C13H15FN2O4/c14-9-1-2-11(17)8(5-9)7-16-4-3-15-13(20)10(16)6-12(18)19/h1-2,5,10,17H,3-4,6-7H2,(H,15,20)(H,18,19). The molecule has 108 valence electrons. The molecule has 1 aliphatic heterocycles. The van der Waals surface area contributed by atoms with E-state index in [1.807, 2.05) is 0 Å². The fourth-order valence-corrected chi connectivity index (χ4v) is 2.24. The zero-order chi connectivity index (χ0) is 14.7. The number of nitrogens with zero attached hydrogens (tertiary/aromatic N) is 1. The Morgan fingerprint density at radius 1 is 1.50 bits per heavy atom. The number of carbonyl (C=O) groups is 2. The predicted molar refractivity (Wildman–Crippen MR) is 67.5 cm³/mol. The maximum atomic E-state index is 13.2. The molecule has 2 rings (SSSR count). The molecular weight excluding hydrogens is 267 g/mol. The number of rotatable bonds is 4. The Morgan fingerprint density at radius 3 is 2.95 bits per heavy atom. The highest BCUT2D eigenvalue weighted by Gasteiger charge is 2.31. The normalized spacial score (nSPS) is 19.6. The van der Waals surface area contributed by atoms with Crippen LogP contribution in [0.1, 0.15) is 12.0 Å². The molecule has 1 saturated heterocycles. The number of phenolic OH excluding ortho intramolecular Hbond substituents is 1. The van der Waals surface area contributed by atoms with E-state index >= 15 is 0 Å². The lowest BCUT2D eigenvalue weighted by Gasteiger charge is -2.34. The van der Waals surface area contributed by atoms with Gasteiger partial charge in [-0.15, -0.1) is 0 Å². The number of hydrogen-bond acceptors (Lipinski definition) is 4. The number of halogens is 1. The van der Waals surface area contributed by atoms with E-state index in [0.717, 1.165) is 6.07 Å². The van der Waals surface area contributed by atoms with Crippen LogP contribution in [-0.4, -0.2) is 46.1 Å². The minimum absolute atomic E-state index is 0.0774. The zero-order valence-electron chi connectivity index (χ0n) is 10.7. The average molecular weight is 282 g/mol. The van der Waals surface area contributed by atoms with Crippen molar-refractivity contribution in [1.29, 1.82) is 0 Å². The topological polar surface area (TPSA) is 89.9 Å². The van der Waals surface area contributed by atoms with Crippen molar-refractivity contribution >= 4 is 11.9 Å². The van der Waals surface area contributed by atoms with Gasteiger partial charge in [-0.1, -0.05) is 0 Å². The quantitative estimate of drug-likeness (QED) is 0.739. The van der Waals surface area contributed by atoms with Crippen LogP contribution in [0.3, 0.4) is 0 Å². The van der Waals surface area contributed by atoms with Gasteiger partial charge in [0.15, 0.2) is 0 Å². The van der Waals surface area contributed by atoms with Crippen LogP contribution in [0, 0.1) is 5.82 Å². The Balaban J connectivity index is 2.18. The summed E-state index contributed by atoms with van der Waals surface area (Å²) in [4.78, 5) is 24.2. The van der Waals surface area contributed by atoms with Crippen molar-refractivity contribution in [2.75, 3.05) is 13.1 Å². The van der Waals surface area contributed by atoms with E-state index < -0.39 is 17.8 Å². The summed E-state index contributed by atoms with van der Waals surface area (Å²) >= 11 is 0. The Bertz CT molecular complexity index is 535. The van der Waals surface area contributed by atoms with Gasteiger partial charge in [0.05, 0.1) is 6.42 Å². The molecule has 0 aliphatic carbocycles. The second kappa shape index (κ2) is 5.87. The van der Waals surface area contributed by atoms with E-state index in [0.29, 0.717) is 18.7 Å². The number of carbonyl (C=O) groups excluding carboxylic acids is 1. The molecule has 1 heterocycles. The van der Waals surface area contributed by atoms with E-state index in [9.17, 15) is 19.1 Å². The number of aromatic hydroxyl groups is 1. The van der Waals surface area contributed by atoms with E-state index in [-0.39, 0.29) is 24.6 Å². The number of amides is 1. The van der Waals surface area contributed by atoms with Crippen molar-refractivity contribution in [2.45, 2.75) is 19.0 Å². The second-order valence-electron chi connectivity index (χ2n) is 4.65. The summed E-state index contributed by atoms with van der Waals surface area (Å²) in [6, 6.07) is 2.74. The number of phenols is 1. The van der Waals surface area contributed by atoms with Gasteiger partial charge in [0.2, 0.25) is 5.91 Å². The number of nitrogens with one attached hydrogen (secondary N) is 1. The van der Waals surface area contributed by atoms with Crippen molar-refractivity contribution in [3.8, 4) is 5.75 Å². The largest absolute Gasteiger partial charge is 0.508 e. The van der Waals surface area contributed by atoms with E-state index in [4.69, 9.17) is 5.11 Å². The summed E-state index contributed by atoms with van der Waals surface area (Å²) in [5.74, 6) is -2.02. The van der Waals surface area contributed by atoms with Crippen molar-refractivity contribution < 1.29 is 24.2 Å². The van der Waals surface area contributed by atoms with Gasteiger partial charge in [-0.2, -0.15) is 0 Å². The fourth-order valence-electron chi connectivity index (χ4n) is 2.24. The van der Waals surface area contributed by atoms with Crippen LogP contribution in [0.5, 0.6) is 5.75 Å². The summed E-state index contributed by atoms with van der Waals surface area (Å²) < 4.78 is 13.2. The van der Waals surface area contributed by atoms with Crippen molar-refractivity contribution in [3.05, 3.63) is 29.6 Å². The minimum Gasteiger partial charge on any atom is -0.508 e. The summed E-state index contributed by atoms with van der Waals surface area (Å²) in [5.41, 5.74) is 0.329. The van der Waals surface area contributed by atoms with Gasteiger partial charge in [0.25, 0.3) is 0 Å². The van der Waals surface area contributed by atoms with Gasteiger partial charge >= 0.3 is 5.97 Å². The molecular formula is C13H15FN2O4. The SMILES string of the molecule is O=C(O)CC1C(=O)NCCN1Cc1cc(F)ccc1O. The molecule has 7 heteroatoms. The third-order valence-corrected chi connectivity index (χ3v) is 3.22. The monoisotopic (exact) mass is 282 g/mol. The molecule has 1 fully saturated rings. The number of carboxylic acid groups (broad SMARTS) is 1. The maximum Gasteiger partial charge on any atom is 0.305 e. The van der Waals surface area contributed by atoms with Crippen LogP contribution in [0.15, 0.2) is 18.2 Å². The van der Waals surface area contributed by atoms with Gasteiger partial charge in [0.1, 0.15) is 17.6 Å². The Kier molecular flexibility index (Phi) is 4.19. The maximum absolute atomic E-state index is 13.2. The van der Waals surface area contributed by atoms with Gasteiger partial charge in [-0.3, -0.25) is 14.5 Å². The smallest absolute Gasteiger partial charge is 0.305 e. The first kappa shape index (κ1) is 14.3. The molecule has 6 nitrogen and oxygen atoms in total. The summed E-state index contributed by atoms with van der Waals surface area (Å²) in [6.07, 6.45) is -0.331. The van der Waals surface area contributed by atoms with Crippen LogP contribution in [0.4, 0.5) is 4.39 Å². The summed E-state index contributed by atoms with van der Waals surface area (Å²) in [5, 5.41) is 21.1. The van der Waals surface area contributed by atoms with Crippen LogP contribution in [0.25, 0.3) is 0 Å². The third kappa shape index (κ3) is 3.24. The van der Waals surface area contributed by atoms with Crippen LogP contribution in [-0.2, 0) is 16.1 Å². The molecule has 1 amide bonds. The lowest BCUT2D eigenvalue weighted by molar-refractivity contribution is -0.143. The molecule has 3 N–H and O–H groups in total. The molecule has 1 aliphatic rings. The van der Waals surface area contributed by atoms with Crippen molar-refractivity contribution in [1.82, 2.24) is 10.2 Å². The van der Waals surface area contributed by atoms with Crippen LogP contribution in [0.2, 0.25) is 0 Å². The van der Waals surface area contributed by atoms with Crippen LogP contribution >= 0.6 is 0 Å². The van der Waals surface area contributed by atoms with Crippen molar-refractivity contribution in [2.24, 2.45) is 0 Å². The van der Waals surface area contributed by atoms with E-state index in [1.54, 1.807) is 4.90 Å². The highest BCUT2D eigenvalue weighted by atomic mass is 19.1. The lowest BCUT2D eigenvalue weighted by atomic mass is 10.1. The fraction of sp³-hybridized carbons (Fsp3) is 0.385. The average Bonchev–Trinajstić information content (AvgIpc) is 2.37. The third-order valence-electron chi connectivity index (χ3n) is 3.22. The molecule has 0 aromatic heterocycles. The number of benzene rings is 1. The molecule has 20 heavy (non-hydrogen) atoms. The summed E-state index contributed by atoms with van der Waals surface area (Å²) in [7, 11) is 0. The molecule has 0 bridgehead atoms. The molecule has 1 atom stereocenters. The number of carboxylic acids is 1. The molecule has 0 radical (unpaired) electrons. The van der Waals surface area contributed by atoms with Crippen LogP contribution < -0.4 is 5.32 Å². The first-order valence-corrected chi connectivity index (χ1v) is 6.18. The predicted octanol–water partition coefficient (Wildman–Crippen LogP) is 0.306. The zero-order valence-corrected chi connectivity index (χ0v) is 10.7. The molecule has 1 aromatic rings. The molecule has 1 aromatic carbocycles. The number of hydrogen-bond donors (Lipinski definition) is 3. The molecule has 0 saturated carbocycles. The Hall–Kier alpha value is -2.15. The second-order valence-corrected chi connectivity index (χ2v) is 4.65. The first-order chi connectivity index (χ1) is 9.47. The highest BCUT2D eigenvalue weighted by Crippen LogP contribution is 2.22. The van der Waals surface area contributed by atoms with Crippen molar-refractivity contribution in [3.63, 3.8) is 0 Å². The van der Waals surface area contributed by atoms with Gasteiger partial charge in [-0.05, 0) is 18.2 Å². The Morgan fingerprint density at radius 2 is 2.25 bits per heavy atom. The van der Waals surface area contributed by atoms with Gasteiger partial charge in [0, 0.05) is 25.2 Å². The Labute approximate surface area is 114 Å². The summed E-state index contributed by atoms with van der Waals surface area (Å²) in [6.45, 7) is 0.958. The number of piperazine rings is 1. The van der Waals surface area contributed by atoms with E-state index in [1.165, 1.54) is 12.1 Å². The lowest BCUT2D eigenvalue weighted by Crippen LogP contribution is -2.55.